The molecule has 154 valence electrons. The molecule has 0 aromatic heterocycles. The summed E-state index contributed by atoms with van der Waals surface area (Å²) in [5, 5.41) is 5.42. The van der Waals surface area contributed by atoms with Crippen molar-refractivity contribution in [1.29, 1.82) is 0 Å². The van der Waals surface area contributed by atoms with Crippen LogP contribution in [0, 0.1) is 0 Å². The lowest BCUT2D eigenvalue weighted by Gasteiger charge is -2.22. The van der Waals surface area contributed by atoms with Crippen molar-refractivity contribution < 1.29 is 19.1 Å². The fraction of sp³-hybridized carbons (Fsp3) is 0.500. The molecule has 6 heteroatoms. The molecule has 0 spiro atoms. The third-order valence-corrected chi connectivity index (χ3v) is 4.43. The largest absolute Gasteiger partial charge is 0.467 e. The summed E-state index contributed by atoms with van der Waals surface area (Å²) in [6.07, 6.45) is 7.63. The van der Waals surface area contributed by atoms with E-state index in [1.807, 2.05) is 36.4 Å². The molecule has 0 aliphatic carbocycles. The highest BCUT2D eigenvalue weighted by Crippen LogP contribution is 2.10. The highest BCUT2D eigenvalue weighted by molar-refractivity contribution is 5.90. The SMILES string of the molecule is C=CCCCCCC[C@@H](NC(=O)[C@H](Cc1ccccc1)NC(C)=O)C(=O)OC. The van der Waals surface area contributed by atoms with E-state index in [1.165, 1.54) is 14.0 Å². The Labute approximate surface area is 167 Å². The Hall–Kier alpha value is -2.63. The lowest BCUT2D eigenvalue weighted by Crippen LogP contribution is -2.52. The highest BCUT2D eigenvalue weighted by Gasteiger charge is 2.26. The molecule has 2 N–H and O–H groups in total. The summed E-state index contributed by atoms with van der Waals surface area (Å²) in [4.78, 5) is 36.4. The van der Waals surface area contributed by atoms with Gasteiger partial charge in [0, 0.05) is 13.3 Å². The fourth-order valence-electron chi connectivity index (χ4n) is 2.96. The van der Waals surface area contributed by atoms with Gasteiger partial charge < -0.3 is 15.4 Å². The molecule has 0 fully saturated rings. The summed E-state index contributed by atoms with van der Waals surface area (Å²) in [6, 6.07) is 7.96. The van der Waals surface area contributed by atoms with Gasteiger partial charge in [0.15, 0.2) is 0 Å². The first-order chi connectivity index (χ1) is 13.5. The Balaban J connectivity index is 2.68. The molecule has 1 aromatic rings. The average Bonchev–Trinajstić information content (AvgIpc) is 2.68. The van der Waals surface area contributed by atoms with Crippen molar-refractivity contribution in [2.24, 2.45) is 0 Å². The molecule has 1 rings (SSSR count). The molecule has 1 aromatic carbocycles. The minimum Gasteiger partial charge on any atom is -0.467 e. The number of allylic oxidation sites excluding steroid dienone is 1. The van der Waals surface area contributed by atoms with Gasteiger partial charge in [-0.25, -0.2) is 4.79 Å². The van der Waals surface area contributed by atoms with Crippen molar-refractivity contribution in [1.82, 2.24) is 10.6 Å². The van der Waals surface area contributed by atoms with E-state index >= 15 is 0 Å². The van der Waals surface area contributed by atoms with Crippen LogP contribution in [0.5, 0.6) is 0 Å². The van der Waals surface area contributed by atoms with E-state index in [2.05, 4.69) is 17.2 Å². The minimum absolute atomic E-state index is 0.298. The Morgan fingerprint density at radius 3 is 2.32 bits per heavy atom. The van der Waals surface area contributed by atoms with Crippen LogP contribution in [0.3, 0.4) is 0 Å². The van der Waals surface area contributed by atoms with Gasteiger partial charge in [0.2, 0.25) is 11.8 Å². The van der Waals surface area contributed by atoms with Crippen molar-refractivity contribution in [3.8, 4) is 0 Å². The van der Waals surface area contributed by atoms with E-state index in [1.54, 1.807) is 0 Å². The number of unbranched alkanes of at least 4 members (excludes halogenated alkanes) is 4. The molecule has 0 aliphatic heterocycles. The number of carbonyl (C=O) groups excluding carboxylic acids is 3. The van der Waals surface area contributed by atoms with Gasteiger partial charge >= 0.3 is 5.97 Å². The van der Waals surface area contributed by atoms with Crippen molar-refractivity contribution in [2.45, 2.75) is 64.0 Å². The molecule has 0 radical (unpaired) electrons. The zero-order valence-corrected chi connectivity index (χ0v) is 16.9. The van der Waals surface area contributed by atoms with Crippen LogP contribution in [0.25, 0.3) is 0 Å². The van der Waals surface area contributed by atoms with Gasteiger partial charge in [-0.3, -0.25) is 9.59 Å². The van der Waals surface area contributed by atoms with Crippen molar-refractivity contribution in [3.63, 3.8) is 0 Å². The lowest BCUT2D eigenvalue weighted by atomic mass is 10.0. The predicted octanol–water partition coefficient (Wildman–Crippen LogP) is 2.92. The smallest absolute Gasteiger partial charge is 0.328 e. The van der Waals surface area contributed by atoms with Gasteiger partial charge in [0.05, 0.1) is 7.11 Å². The van der Waals surface area contributed by atoms with E-state index in [0.29, 0.717) is 12.8 Å². The van der Waals surface area contributed by atoms with E-state index in [-0.39, 0.29) is 11.8 Å². The molecule has 0 saturated heterocycles. The number of amides is 2. The van der Waals surface area contributed by atoms with Crippen LogP contribution in [0.4, 0.5) is 0 Å². The zero-order chi connectivity index (χ0) is 20.8. The maximum atomic E-state index is 12.7. The standard InChI is InChI=1S/C22H32N2O4/c1-4-5-6-7-8-12-15-19(22(27)28-3)24-21(26)20(23-17(2)25)16-18-13-10-9-11-14-18/h4,9-11,13-14,19-20H,1,5-8,12,15-16H2,2-3H3,(H,23,25)(H,24,26)/t19-,20+/m1/s1. The van der Waals surface area contributed by atoms with Gasteiger partial charge in [-0.05, 0) is 24.8 Å². The zero-order valence-electron chi connectivity index (χ0n) is 16.9. The maximum Gasteiger partial charge on any atom is 0.328 e. The van der Waals surface area contributed by atoms with Gasteiger partial charge in [-0.15, -0.1) is 6.58 Å². The summed E-state index contributed by atoms with van der Waals surface area (Å²) in [7, 11) is 1.31. The van der Waals surface area contributed by atoms with Crippen LogP contribution >= 0.6 is 0 Å². The van der Waals surface area contributed by atoms with Gasteiger partial charge in [0.1, 0.15) is 12.1 Å². The molecule has 6 nitrogen and oxygen atoms in total. The molecule has 2 atom stereocenters. The van der Waals surface area contributed by atoms with Crippen LogP contribution in [0.1, 0.15) is 51.0 Å². The molecule has 0 aliphatic rings. The molecule has 2 amide bonds. The number of rotatable bonds is 13. The average molecular weight is 389 g/mol. The van der Waals surface area contributed by atoms with Gasteiger partial charge in [-0.2, -0.15) is 0 Å². The second-order valence-corrected chi connectivity index (χ2v) is 6.81. The second kappa shape index (κ2) is 13.5. The van der Waals surface area contributed by atoms with Crippen molar-refractivity contribution in [3.05, 3.63) is 48.6 Å². The van der Waals surface area contributed by atoms with Crippen LogP contribution in [0.2, 0.25) is 0 Å². The van der Waals surface area contributed by atoms with Crippen LogP contribution in [-0.4, -0.2) is 37.0 Å². The molecule has 0 bridgehead atoms. The first-order valence-electron chi connectivity index (χ1n) is 9.78. The first-order valence-corrected chi connectivity index (χ1v) is 9.78. The summed E-state index contributed by atoms with van der Waals surface area (Å²) in [6.45, 7) is 5.07. The Morgan fingerprint density at radius 2 is 1.71 bits per heavy atom. The van der Waals surface area contributed by atoms with Gasteiger partial charge in [-0.1, -0.05) is 55.7 Å². The highest BCUT2D eigenvalue weighted by atomic mass is 16.5. The fourth-order valence-corrected chi connectivity index (χ4v) is 2.96. The monoisotopic (exact) mass is 388 g/mol. The first kappa shape index (κ1) is 23.4. The number of nitrogens with one attached hydrogen (secondary N) is 2. The molecular formula is C22H32N2O4. The Morgan fingerprint density at radius 1 is 1.04 bits per heavy atom. The number of carbonyl (C=O) groups is 3. The third kappa shape index (κ3) is 9.35. The summed E-state index contributed by atoms with van der Waals surface area (Å²) in [5.74, 6) is -1.16. The summed E-state index contributed by atoms with van der Waals surface area (Å²) in [5.41, 5.74) is 0.924. The van der Waals surface area contributed by atoms with E-state index in [0.717, 1.165) is 37.7 Å². The quantitative estimate of drug-likeness (QED) is 0.309. The maximum absolute atomic E-state index is 12.7. The molecular weight excluding hydrogens is 356 g/mol. The summed E-state index contributed by atoms with van der Waals surface area (Å²) < 4.78 is 4.83. The number of hydrogen-bond donors (Lipinski definition) is 2. The lowest BCUT2D eigenvalue weighted by molar-refractivity contribution is -0.145. The van der Waals surface area contributed by atoms with E-state index in [4.69, 9.17) is 4.74 Å². The number of hydrogen-bond acceptors (Lipinski definition) is 4. The van der Waals surface area contributed by atoms with Crippen LogP contribution in [-0.2, 0) is 25.5 Å². The predicted molar refractivity (Wildman–Crippen MR) is 110 cm³/mol. The minimum atomic E-state index is -0.750. The number of ether oxygens (including phenoxy) is 1. The van der Waals surface area contributed by atoms with Crippen LogP contribution < -0.4 is 10.6 Å². The Bertz CT molecular complexity index is 631. The molecule has 0 unspecified atom stereocenters. The van der Waals surface area contributed by atoms with Crippen molar-refractivity contribution >= 4 is 17.8 Å². The third-order valence-electron chi connectivity index (χ3n) is 4.43. The number of esters is 1. The summed E-state index contributed by atoms with van der Waals surface area (Å²) >= 11 is 0. The van der Waals surface area contributed by atoms with E-state index < -0.39 is 18.1 Å². The van der Waals surface area contributed by atoms with Crippen molar-refractivity contribution in [2.75, 3.05) is 7.11 Å². The number of benzene rings is 1. The number of methoxy groups -OCH3 is 1. The van der Waals surface area contributed by atoms with E-state index in [9.17, 15) is 14.4 Å². The normalized spacial score (nSPS) is 12.5. The van der Waals surface area contributed by atoms with Gasteiger partial charge in [0.25, 0.3) is 0 Å². The molecule has 0 saturated carbocycles. The molecule has 0 heterocycles. The topological polar surface area (TPSA) is 84.5 Å². The van der Waals surface area contributed by atoms with Crippen LogP contribution in [0.15, 0.2) is 43.0 Å². The molecule has 28 heavy (non-hydrogen) atoms. The Kier molecular flexibility index (Phi) is 11.3. The second-order valence-electron chi connectivity index (χ2n) is 6.81.